The van der Waals surface area contributed by atoms with Crippen molar-refractivity contribution < 1.29 is 10.3 Å². The standard InChI is InChI=1S/C8H14N2O/c1-6(2)3-7-4-8(5-9)11-10-7/h4,6H,3,5,9H2,1-2H3/p+1. The molecule has 0 atom stereocenters. The van der Waals surface area contributed by atoms with Crippen molar-refractivity contribution in [1.29, 1.82) is 0 Å². The van der Waals surface area contributed by atoms with Gasteiger partial charge in [0.05, 0.1) is 5.69 Å². The first-order valence-electron chi connectivity index (χ1n) is 3.96. The fraction of sp³-hybridized carbons (Fsp3) is 0.625. The van der Waals surface area contributed by atoms with E-state index in [2.05, 4.69) is 24.7 Å². The van der Waals surface area contributed by atoms with Gasteiger partial charge in [0.25, 0.3) is 0 Å². The molecule has 0 spiro atoms. The van der Waals surface area contributed by atoms with Gasteiger partial charge < -0.3 is 10.3 Å². The summed E-state index contributed by atoms with van der Waals surface area (Å²) in [5.74, 6) is 1.51. The predicted molar refractivity (Wildman–Crippen MR) is 41.6 cm³/mol. The van der Waals surface area contributed by atoms with E-state index in [1.165, 1.54) is 0 Å². The Balaban J connectivity index is 2.58. The van der Waals surface area contributed by atoms with E-state index in [0.29, 0.717) is 12.5 Å². The van der Waals surface area contributed by atoms with E-state index >= 15 is 0 Å². The van der Waals surface area contributed by atoms with Crippen LogP contribution < -0.4 is 5.73 Å². The molecule has 0 bridgehead atoms. The van der Waals surface area contributed by atoms with Gasteiger partial charge in [-0.3, -0.25) is 0 Å². The first kappa shape index (κ1) is 8.27. The molecule has 0 saturated carbocycles. The molecule has 0 aliphatic rings. The summed E-state index contributed by atoms with van der Waals surface area (Å²) >= 11 is 0. The summed E-state index contributed by atoms with van der Waals surface area (Å²) in [5.41, 5.74) is 4.76. The van der Waals surface area contributed by atoms with Gasteiger partial charge in [-0.2, -0.15) is 0 Å². The van der Waals surface area contributed by atoms with Crippen LogP contribution in [-0.2, 0) is 13.0 Å². The summed E-state index contributed by atoms with van der Waals surface area (Å²) in [5, 5.41) is 3.91. The van der Waals surface area contributed by atoms with E-state index < -0.39 is 0 Å². The largest absolute Gasteiger partial charge is 0.355 e. The summed E-state index contributed by atoms with van der Waals surface area (Å²) in [6.07, 6.45) is 0.990. The second-order valence-electron chi connectivity index (χ2n) is 3.13. The van der Waals surface area contributed by atoms with Crippen molar-refractivity contribution >= 4 is 0 Å². The molecule has 0 aliphatic carbocycles. The van der Waals surface area contributed by atoms with Crippen molar-refractivity contribution in [2.45, 2.75) is 26.8 Å². The van der Waals surface area contributed by atoms with E-state index in [1.807, 2.05) is 6.07 Å². The number of nitrogens with zero attached hydrogens (tertiary/aromatic N) is 1. The molecule has 3 nitrogen and oxygen atoms in total. The molecule has 3 N–H and O–H groups in total. The Morgan fingerprint density at radius 3 is 2.82 bits per heavy atom. The molecule has 0 fully saturated rings. The number of hydrogen-bond donors (Lipinski definition) is 1. The van der Waals surface area contributed by atoms with Crippen molar-refractivity contribution in [1.82, 2.24) is 5.16 Å². The number of rotatable bonds is 3. The Labute approximate surface area is 66.6 Å². The Kier molecular flexibility index (Phi) is 2.65. The highest BCUT2D eigenvalue weighted by Gasteiger charge is 2.04. The minimum absolute atomic E-state index is 0.637. The average Bonchev–Trinajstić information content (AvgIpc) is 2.34. The lowest BCUT2D eigenvalue weighted by Gasteiger charge is -1.96. The molecule has 1 aromatic rings. The van der Waals surface area contributed by atoms with Crippen LogP contribution in [-0.4, -0.2) is 5.16 Å². The molecular weight excluding hydrogens is 140 g/mol. The van der Waals surface area contributed by atoms with Crippen LogP contribution in [0, 0.1) is 5.92 Å². The van der Waals surface area contributed by atoms with E-state index in [4.69, 9.17) is 4.52 Å². The molecule has 0 unspecified atom stereocenters. The highest BCUT2D eigenvalue weighted by atomic mass is 16.5. The second-order valence-corrected chi connectivity index (χ2v) is 3.13. The van der Waals surface area contributed by atoms with Gasteiger partial charge in [-0.15, -0.1) is 0 Å². The maximum atomic E-state index is 5.00. The van der Waals surface area contributed by atoms with Gasteiger partial charge in [-0.05, 0) is 12.3 Å². The number of quaternary nitrogens is 1. The average molecular weight is 155 g/mol. The lowest BCUT2D eigenvalue weighted by molar-refractivity contribution is -0.390. The first-order valence-corrected chi connectivity index (χ1v) is 3.96. The van der Waals surface area contributed by atoms with Gasteiger partial charge in [0.15, 0.2) is 5.76 Å². The minimum atomic E-state index is 0.637. The van der Waals surface area contributed by atoms with E-state index in [-0.39, 0.29) is 0 Å². The van der Waals surface area contributed by atoms with Crippen LogP contribution in [0.2, 0.25) is 0 Å². The van der Waals surface area contributed by atoms with Crippen molar-refractivity contribution in [3.63, 3.8) is 0 Å². The van der Waals surface area contributed by atoms with Crippen LogP contribution in [0.5, 0.6) is 0 Å². The maximum Gasteiger partial charge on any atom is 0.190 e. The first-order chi connectivity index (χ1) is 5.22. The summed E-state index contributed by atoms with van der Waals surface area (Å²) in [6, 6.07) is 1.98. The van der Waals surface area contributed by atoms with Gasteiger partial charge in [-0.1, -0.05) is 19.0 Å². The Hall–Kier alpha value is -0.830. The Morgan fingerprint density at radius 1 is 1.64 bits per heavy atom. The van der Waals surface area contributed by atoms with Crippen molar-refractivity contribution in [3.05, 3.63) is 17.5 Å². The molecule has 1 aromatic heterocycles. The van der Waals surface area contributed by atoms with Crippen molar-refractivity contribution in [3.8, 4) is 0 Å². The zero-order valence-corrected chi connectivity index (χ0v) is 7.13. The number of aromatic nitrogens is 1. The third-order valence-electron chi connectivity index (χ3n) is 1.47. The fourth-order valence-corrected chi connectivity index (χ4v) is 0.988. The molecule has 0 amide bonds. The smallest absolute Gasteiger partial charge is 0.190 e. The quantitative estimate of drug-likeness (QED) is 0.695. The molecule has 62 valence electrons. The van der Waals surface area contributed by atoms with Gasteiger partial charge in [-0.25, -0.2) is 0 Å². The summed E-state index contributed by atoms with van der Waals surface area (Å²) in [4.78, 5) is 0. The molecule has 1 heterocycles. The topological polar surface area (TPSA) is 53.7 Å². The third kappa shape index (κ3) is 2.35. The zero-order valence-electron chi connectivity index (χ0n) is 7.13. The van der Waals surface area contributed by atoms with Crippen LogP contribution in [0.15, 0.2) is 10.6 Å². The molecule has 1 rings (SSSR count). The van der Waals surface area contributed by atoms with Crippen LogP contribution in [0.25, 0.3) is 0 Å². The normalized spacial score (nSPS) is 10.9. The molecule has 11 heavy (non-hydrogen) atoms. The minimum Gasteiger partial charge on any atom is -0.355 e. The Bertz CT molecular complexity index is 218. The monoisotopic (exact) mass is 155 g/mol. The lowest BCUT2D eigenvalue weighted by atomic mass is 10.1. The Morgan fingerprint density at radius 2 is 2.36 bits per heavy atom. The highest BCUT2D eigenvalue weighted by Crippen LogP contribution is 2.07. The van der Waals surface area contributed by atoms with Crippen LogP contribution in [0.3, 0.4) is 0 Å². The molecule has 0 aromatic carbocycles. The third-order valence-corrected chi connectivity index (χ3v) is 1.47. The van der Waals surface area contributed by atoms with E-state index in [0.717, 1.165) is 17.9 Å². The van der Waals surface area contributed by atoms with Gasteiger partial charge >= 0.3 is 0 Å². The van der Waals surface area contributed by atoms with E-state index in [9.17, 15) is 0 Å². The lowest BCUT2D eigenvalue weighted by Crippen LogP contribution is -2.47. The number of hydrogen-bond acceptors (Lipinski definition) is 2. The van der Waals surface area contributed by atoms with Crippen LogP contribution in [0.1, 0.15) is 25.3 Å². The van der Waals surface area contributed by atoms with Crippen LogP contribution >= 0.6 is 0 Å². The summed E-state index contributed by atoms with van der Waals surface area (Å²) < 4.78 is 5.00. The van der Waals surface area contributed by atoms with Crippen molar-refractivity contribution in [2.24, 2.45) is 5.92 Å². The molecule has 0 aliphatic heterocycles. The fourth-order valence-electron chi connectivity index (χ4n) is 0.988. The van der Waals surface area contributed by atoms with Crippen LogP contribution in [0.4, 0.5) is 0 Å². The summed E-state index contributed by atoms with van der Waals surface area (Å²) in [7, 11) is 0. The molecule has 0 saturated heterocycles. The predicted octanol–water partition coefficient (Wildman–Crippen LogP) is 0.615. The summed E-state index contributed by atoms with van der Waals surface area (Å²) in [6.45, 7) is 5.02. The zero-order chi connectivity index (χ0) is 8.27. The van der Waals surface area contributed by atoms with Gasteiger partial charge in [0.2, 0.25) is 0 Å². The SMILES string of the molecule is CC(C)Cc1cc(C[NH3+])on1. The van der Waals surface area contributed by atoms with Gasteiger partial charge in [0.1, 0.15) is 6.54 Å². The maximum absolute atomic E-state index is 5.00. The molecule has 0 radical (unpaired) electrons. The van der Waals surface area contributed by atoms with Crippen molar-refractivity contribution in [2.75, 3.05) is 0 Å². The van der Waals surface area contributed by atoms with E-state index in [1.54, 1.807) is 0 Å². The highest BCUT2D eigenvalue weighted by molar-refractivity contribution is 5.04. The second kappa shape index (κ2) is 3.53. The molecule has 3 heteroatoms. The molecular formula is C8H15N2O+. The van der Waals surface area contributed by atoms with Gasteiger partial charge in [0, 0.05) is 6.07 Å².